The molecule has 0 spiro atoms. The number of carbonyl (C=O) groups excluding carboxylic acids is 1. The zero-order valence-electron chi connectivity index (χ0n) is 16.6. The summed E-state index contributed by atoms with van der Waals surface area (Å²) in [4.78, 5) is 22.2. The number of carbonyl (C=O) groups is 1. The maximum absolute atomic E-state index is 12.1. The number of rotatable bonds is 8. The number of aryl methyl sites for hydroxylation is 2. The van der Waals surface area contributed by atoms with Gasteiger partial charge >= 0.3 is 0 Å². The maximum Gasteiger partial charge on any atom is 0.251 e. The van der Waals surface area contributed by atoms with Gasteiger partial charge in [-0.2, -0.15) is 0 Å². The van der Waals surface area contributed by atoms with Gasteiger partial charge < -0.3 is 16.0 Å². The second-order valence-corrected chi connectivity index (χ2v) is 7.60. The van der Waals surface area contributed by atoms with Crippen LogP contribution in [-0.2, 0) is 13.0 Å². The van der Waals surface area contributed by atoms with Gasteiger partial charge in [0.2, 0.25) is 0 Å². The Kier molecular flexibility index (Phi) is 8.26. The second-order valence-electron chi connectivity index (χ2n) is 6.31. The lowest BCUT2D eigenvalue weighted by Gasteiger charge is -2.12. The third kappa shape index (κ3) is 6.67. The third-order valence-electron chi connectivity index (χ3n) is 4.11. The third-order valence-corrected chi connectivity index (χ3v) is 5.25. The van der Waals surface area contributed by atoms with Crippen LogP contribution in [0.2, 0.25) is 0 Å². The summed E-state index contributed by atoms with van der Waals surface area (Å²) in [5, 5.41) is 10.6. The highest BCUT2D eigenvalue weighted by Crippen LogP contribution is 2.16. The monoisotopic (exact) mass is 387 g/mol. The Morgan fingerprint density at radius 3 is 2.67 bits per heavy atom. The minimum Gasteiger partial charge on any atom is -0.356 e. The zero-order chi connectivity index (χ0) is 19.6. The van der Waals surface area contributed by atoms with Crippen LogP contribution in [0.1, 0.15) is 44.8 Å². The topological polar surface area (TPSA) is 78.4 Å². The molecule has 1 aromatic heterocycles. The highest BCUT2D eigenvalue weighted by Gasteiger charge is 2.07. The first-order valence-electron chi connectivity index (χ1n) is 9.28. The molecule has 2 rings (SSSR count). The van der Waals surface area contributed by atoms with E-state index in [9.17, 15) is 4.79 Å². The molecule has 0 unspecified atom stereocenters. The summed E-state index contributed by atoms with van der Waals surface area (Å²) >= 11 is 1.74. The number of guanidine groups is 1. The predicted molar refractivity (Wildman–Crippen MR) is 113 cm³/mol. The van der Waals surface area contributed by atoms with Crippen molar-refractivity contribution in [2.45, 2.75) is 40.2 Å². The Morgan fingerprint density at radius 1 is 1.19 bits per heavy atom. The molecule has 3 N–H and O–H groups in total. The number of benzene rings is 1. The van der Waals surface area contributed by atoms with E-state index in [0.29, 0.717) is 18.7 Å². The highest BCUT2D eigenvalue weighted by atomic mass is 32.1. The van der Waals surface area contributed by atoms with Crippen LogP contribution in [0.5, 0.6) is 0 Å². The number of amides is 1. The van der Waals surface area contributed by atoms with E-state index in [0.717, 1.165) is 41.6 Å². The van der Waals surface area contributed by atoms with Gasteiger partial charge in [-0.05, 0) is 38.0 Å². The molecule has 0 saturated heterocycles. The second kappa shape index (κ2) is 10.7. The summed E-state index contributed by atoms with van der Waals surface area (Å²) in [6.07, 6.45) is 1.79. The van der Waals surface area contributed by atoms with E-state index in [1.807, 2.05) is 38.1 Å². The van der Waals surface area contributed by atoms with Crippen molar-refractivity contribution in [3.8, 4) is 0 Å². The Labute approximate surface area is 165 Å². The van der Waals surface area contributed by atoms with Crippen molar-refractivity contribution in [1.29, 1.82) is 0 Å². The van der Waals surface area contributed by atoms with Crippen LogP contribution in [0.3, 0.4) is 0 Å². The normalized spacial score (nSPS) is 11.3. The Morgan fingerprint density at radius 2 is 2.00 bits per heavy atom. The average molecular weight is 388 g/mol. The van der Waals surface area contributed by atoms with Crippen molar-refractivity contribution in [3.05, 3.63) is 51.0 Å². The van der Waals surface area contributed by atoms with E-state index in [4.69, 9.17) is 0 Å². The van der Waals surface area contributed by atoms with Crippen molar-refractivity contribution >= 4 is 23.2 Å². The summed E-state index contributed by atoms with van der Waals surface area (Å²) in [5.74, 6) is 0.705. The number of hydrogen-bond donors (Lipinski definition) is 3. The molecule has 1 aromatic carbocycles. The summed E-state index contributed by atoms with van der Waals surface area (Å²) in [7, 11) is 1.75. The Hall–Kier alpha value is -2.41. The van der Waals surface area contributed by atoms with Gasteiger partial charge in [-0.25, -0.2) is 4.98 Å². The number of nitrogens with zero attached hydrogens (tertiary/aromatic N) is 2. The summed E-state index contributed by atoms with van der Waals surface area (Å²) in [6, 6.07) is 7.64. The van der Waals surface area contributed by atoms with Crippen LogP contribution in [0.15, 0.2) is 29.3 Å². The average Bonchev–Trinajstić information content (AvgIpc) is 3.00. The first-order chi connectivity index (χ1) is 13.0. The van der Waals surface area contributed by atoms with Crippen molar-refractivity contribution in [1.82, 2.24) is 20.9 Å². The molecule has 0 aliphatic heterocycles. The molecule has 0 saturated carbocycles. The summed E-state index contributed by atoms with van der Waals surface area (Å²) in [5.41, 5.74) is 2.83. The number of hydrogen-bond acceptors (Lipinski definition) is 4. The lowest BCUT2D eigenvalue weighted by Crippen LogP contribution is -2.37. The molecule has 27 heavy (non-hydrogen) atoms. The molecule has 6 nitrogen and oxygen atoms in total. The van der Waals surface area contributed by atoms with Gasteiger partial charge in [-0.1, -0.05) is 19.1 Å². The van der Waals surface area contributed by atoms with Gasteiger partial charge in [0, 0.05) is 43.5 Å². The van der Waals surface area contributed by atoms with Gasteiger partial charge in [0.05, 0.1) is 10.7 Å². The molecule has 0 aliphatic rings. The van der Waals surface area contributed by atoms with Crippen molar-refractivity contribution in [2.24, 2.45) is 4.99 Å². The van der Waals surface area contributed by atoms with Gasteiger partial charge in [0.25, 0.3) is 5.91 Å². The fourth-order valence-electron chi connectivity index (χ4n) is 2.50. The highest BCUT2D eigenvalue weighted by molar-refractivity contribution is 7.11. The van der Waals surface area contributed by atoms with E-state index < -0.39 is 0 Å². The first kappa shape index (κ1) is 20.9. The largest absolute Gasteiger partial charge is 0.356 e. The number of aliphatic imine (C=N–C) groups is 1. The standard InChI is InChI=1S/C20H29N5OS/c1-5-10-22-19(26)17-8-6-7-16(12-17)13-24-20(21-4)23-11-9-18-25-14(2)15(3)27-18/h6-8,12H,5,9-11,13H2,1-4H3,(H,22,26)(H2,21,23,24). The summed E-state index contributed by atoms with van der Waals surface area (Å²) < 4.78 is 0. The summed E-state index contributed by atoms with van der Waals surface area (Å²) in [6.45, 7) is 8.24. The van der Waals surface area contributed by atoms with Crippen molar-refractivity contribution < 1.29 is 4.79 Å². The number of aromatic nitrogens is 1. The number of thiazole rings is 1. The van der Waals surface area contributed by atoms with Crippen LogP contribution in [0.4, 0.5) is 0 Å². The van der Waals surface area contributed by atoms with Gasteiger partial charge in [-0.3, -0.25) is 9.79 Å². The quantitative estimate of drug-likeness (QED) is 0.481. The SMILES string of the molecule is CCCNC(=O)c1cccc(CNC(=NC)NCCc2nc(C)c(C)s2)c1. The van der Waals surface area contributed by atoms with Crippen LogP contribution in [0.25, 0.3) is 0 Å². The number of nitrogens with one attached hydrogen (secondary N) is 3. The van der Waals surface area contributed by atoms with Gasteiger partial charge in [-0.15, -0.1) is 11.3 Å². The zero-order valence-corrected chi connectivity index (χ0v) is 17.4. The molecular formula is C20H29N5OS. The molecule has 0 bridgehead atoms. The molecule has 7 heteroatoms. The first-order valence-corrected chi connectivity index (χ1v) is 10.1. The molecule has 0 radical (unpaired) electrons. The fourth-order valence-corrected chi connectivity index (χ4v) is 3.44. The molecule has 1 amide bonds. The molecule has 0 fully saturated rings. The van der Waals surface area contributed by atoms with Crippen LogP contribution < -0.4 is 16.0 Å². The van der Waals surface area contributed by atoms with Crippen LogP contribution >= 0.6 is 11.3 Å². The van der Waals surface area contributed by atoms with E-state index >= 15 is 0 Å². The van der Waals surface area contributed by atoms with E-state index in [2.05, 4.69) is 32.9 Å². The molecule has 2 aromatic rings. The van der Waals surface area contributed by atoms with E-state index in [-0.39, 0.29) is 5.91 Å². The smallest absolute Gasteiger partial charge is 0.251 e. The molecular weight excluding hydrogens is 358 g/mol. The van der Waals surface area contributed by atoms with E-state index in [1.54, 1.807) is 18.4 Å². The van der Waals surface area contributed by atoms with Crippen molar-refractivity contribution in [2.75, 3.05) is 20.1 Å². The Balaban J connectivity index is 1.82. The van der Waals surface area contributed by atoms with Gasteiger partial charge in [0.15, 0.2) is 5.96 Å². The Bertz CT molecular complexity index is 765. The maximum atomic E-state index is 12.1. The lowest BCUT2D eigenvalue weighted by atomic mass is 10.1. The van der Waals surface area contributed by atoms with Crippen LogP contribution in [-0.4, -0.2) is 37.0 Å². The minimum absolute atomic E-state index is 0.0322. The van der Waals surface area contributed by atoms with E-state index in [1.165, 1.54) is 4.88 Å². The lowest BCUT2D eigenvalue weighted by molar-refractivity contribution is 0.0953. The van der Waals surface area contributed by atoms with Crippen molar-refractivity contribution in [3.63, 3.8) is 0 Å². The predicted octanol–water partition coefficient (Wildman–Crippen LogP) is 2.81. The van der Waals surface area contributed by atoms with Crippen LogP contribution in [0, 0.1) is 13.8 Å². The fraction of sp³-hybridized carbons (Fsp3) is 0.450. The molecule has 146 valence electrons. The molecule has 0 aliphatic carbocycles. The molecule has 1 heterocycles. The van der Waals surface area contributed by atoms with Gasteiger partial charge in [0.1, 0.15) is 0 Å². The minimum atomic E-state index is -0.0322. The molecule has 0 atom stereocenters.